The normalized spacial score (nSPS) is 18.1. The van der Waals surface area contributed by atoms with E-state index < -0.39 is 10.0 Å². The first-order valence-corrected chi connectivity index (χ1v) is 11.1. The first-order chi connectivity index (χ1) is 12.4. The molecular weight excluding hydrogens is 370 g/mol. The van der Waals surface area contributed by atoms with Gasteiger partial charge < -0.3 is 9.64 Å². The predicted octanol–water partition coefficient (Wildman–Crippen LogP) is 2.96. The zero-order valence-electron chi connectivity index (χ0n) is 15.4. The fourth-order valence-corrected chi connectivity index (χ4v) is 5.44. The third-order valence-electron chi connectivity index (χ3n) is 4.72. The summed E-state index contributed by atoms with van der Waals surface area (Å²) in [4.78, 5) is 6.90. The van der Waals surface area contributed by atoms with Crippen molar-refractivity contribution in [3.63, 3.8) is 0 Å². The second kappa shape index (κ2) is 7.94. The van der Waals surface area contributed by atoms with Crippen molar-refractivity contribution in [2.45, 2.75) is 31.6 Å². The molecule has 1 aromatic carbocycles. The standard InChI is InChI=1S/C18H25N3O3S2/c1-13-9-16(10-14(2)17(13)24-3)26(22,23)20-11-15-5-4-7-21(12-15)18-19-6-8-25-18/h6,8-10,15,20H,4-5,7,11-12H2,1-3H3. The molecule has 1 aliphatic heterocycles. The van der Waals surface area contributed by atoms with Crippen LogP contribution in [0.3, 0.4) is 0 Å². The molecule has 1 atom stereocenters. The minimum atomic E-state index is -3.54. The molecule has 0 spiro atoms. The molecule has 0 aliphatic carbocycles. The number of aryl methyl sites for hydroxylation is 2. The maximum atomic E-state index is 12.7. The Balaban J connectivity index is 1.67. The van der Waals surface area contributed by atoms with E-state index in [1.165, 1.54) is 0 Å². The third kappa shape index (κ3) is 4.19. The number of nitrogens with zero attached hydrogens (tertiary/aromatic N) is 2. The number of aromatic nitrogens is 1. The fraction of sp³-hybridized carbons (Fsp3) is 0.500. The van der Waals surface area contributed by atoms with Crippen molar-refractivity contribution >= 4 is 26.5 Å². The maximum absolute atomic E-state index is 12.7. The van der Waals surface area contributed by atoms with E-state index in [2.05, 4.69) is 14.6 Å². The predicted molar refractivity (Wildman–Crippen MR) is 105 cm³/mol. The van der Waals surface area contributed by atoms with E-state index in [-0.39, 0.29) is 5.92 Å². The molecule has 1 saturated heterocycles. The van der Waals surface area contributed by atoms with Gasteiger partial charge >= 0.3 is 0 Å². The molecule has 1 unspecified atom stereocenters. The van der Waals surface area contributed by atoms with Crippen LogP contribution in [-0.2, 0) is 10.0 Å². The van der Waals surface area contributed by atoms with Crippen molar-refractivity contribution < 1.29 is 13.2 Å². The van der Waals surface area contributed by atoms with E-state index in [4.69, 9.17) is 4.74 Å². The van der Waals surface area contributed by atoms with Gasteiger partial charge in [0.25, 0.3) is 0 Å². The molecule has 0 amide bonds. The van der Waals surface area contributed by atoms with Crippen molar-refractivity contribution in [2.24, 2.45) is 5.92 Å². The number of nitrogens with one attached hydrogen (secondary N) is 1. The highest BCUT2D eigenvalue weighted by atomic mass is 32.2. The second-order valence-corrected chi connectivity index (χ2v) is 9.35. The van der Waals surface area contributed by atoms with Gasteiger partial charge in [0.1, 0.15) is 5.75 Å². The van der Waals surface area contributed by atoms with Gasteiger partial charge in [0, 0.05) is 31.2 Å². The number of piperidine rings is 1. The molecule has 3 rings (SSSR count). The van der Waals surface area contributed by atoms with Crippen LogP contribution in [0.15, 0.2) is 28.6 Å². The second-order valence-electron chi connectivity index (χ2n) is 6.71. The van der Waals surface area contributed by atoms with Crippen LogP contribution in [-0.4, -0.2) is 40.1 Å². The van der Waals surface area contributed by atoms with Crippen LogP contribution in [0.4, 0.5) is 5.13 Å². The Hall–Kier alpha value is -1.64. The molecule has 8 heteroatoms. The summed E-state index contributed by atoms with van der Waals surface area (Å²) in [5, 5.41) is 2.98. The zero-order chi connectivity index (χ0) is 18.7. The molecule has 0 saturated carbocycles. The lowest BCUT2D eigenvalue weighted by Crippen LogP contribution is -2.41. The van der Waals surface area contributed by atoms with Gasteiger partial charge in [-0.05, 0) is 55.9 Å². The lowest BCUT2D eigenvalue weighted by Gasteiger charge is -2.32. The highest BCUT2D eigenvalue weighted by molar-refractivity contribution is 7.89. The lowest BCUT2D eigenvalue weighted by atomic mass is 9.99. The van der Waals surface area contributed by atoms with Gasteiger partial charge in [-0.1, -0.05) is 0 Å². The molecule has 6 nitrogen and oxygen atoms in total. The van der Waals surface area contributed by atoms with E-state index in [1.54, 1.807) is 36.8 Å². The molecule has 26 heavy (non-hydrogen) atoms. The molecule has 2 aromatic rings. The SMILES string of the molecule is COc1c(C)cc(S(=O)(=O)NCC2CCCN(c3nccs3)C2)cc1C. The third-order valence-corrected chi connectivity index (χ3v) is 6.95. The van der Waals surface area contributed by atoms with E-state index in [0.29, 0.717) is 11.4 Å². The number of rotatable bonds is 6. The molecule has 1 aromatic heterocycles. The summed E-state index contributed by atoms with van der Waals surface area (Å²) in [6.45, 7) is 5.97. The summed E-state index contributed by atoms with van der Waals surface area (Å²) < 4.78 is 33.5. The van der Waals surface area contributed by atoms with Crippen molar-refractivity contribution in [1.82, 2.24) is 9.71 Å². The van der Waals surface area contributed by atoms with Gasteiger partial charge in [0.05, 0.1) is 12.0 Å². The van der Waals surface area contributed by atoms with Gasteiger partial charge in [-0.15, -0.1) is 11.3 Å². The molecule has 1 fully saturated rings. The van der Waals surface area contributed by atoms with Gasteiger partial charge in [-0.25, -0.2) is 18.1 Å². The topological polar surface area (TPSA) is 71.5 Å². The average Bonchev–Trinajstić information content (AvgIpc) is 3.15. The Morgan fingerprint density at radius 3 is 2.69 bits per heavy atom. The van der Waals surface area contributed by atoms with Crippen LogP contribution >= 0.6 is 11.3 Å². The summed E-state index contributed by atoms with van der Waals surface area (Å²) in [6.07, 6.45) is 3.87. The summed E-state index contributed by atoms with van der Waals surface area (Å²) in [5.74, 6) is 1.01. The van der Waals surface area contributed by atoms with Gasteiger partial charge in [0.2, 0.25) is 10.0 Å². The average molecular weight is 396 g/mol. The molecule has 0 radical (unpaired) electrons. The van der Waals surface area contributed by atoms with E-state index in [1.807, 2.05) is 19.2 Å². The Morgan fingerprint density at radius 2 is 2.08 bits per heavy atom. The van der Waals surface area contributed by atoms with E-state index in [9.17, 15) is 8.42 Å². The summed E-state index contributed by atoms with van der Waals surface area (Å²) >= 11 is 1.62. The number of hydrogen-bond acceptors (Lipinski definition) is 6. The van der Waals surface area contributed by atoms with Crippen LogP contribution in [0.2, 0.25) is 0 Å². The lowest BCUT2D eigenvalue weighted by molar-refractivity contribution is 0.407. The number of thiazole rings is 1. The van der Waals surface area contributed by atoms with Crippen molar-refractivity contribution in [1.29, 1.82) is 0 Å². The molecule has 2 heterocycles. The number of benzene rings is 1. The number of hydrogen-bond donors (Lipinski definition) is 1. The first kappa shape index (κ1) is 19.1. The molecular formula is C18H25N3O3S2. The van der Waals surface area contributed by atoms with Crippen LogP contribution in [0.25, 0.3) is 0 Å². The van der Waals surface area contributed by atoms with Crippen LogP contribution < -0.4 is 14.4 Å². The molecule has 0 bridgehead atoms. The van der Waals surface area contributed by atoms with Crippen molar-refractivity contribution in [3.8, 4) is 5.75 Å². The minimum Gasteiger partial charge on any atom is -0.496 e. The quantitative estimate of drug-likeness (QED) is 0.814. The minimum absolute atomic E-state index is 0.280. The van der Waals surface area contributed by atoms with Gasteiger partial charge in [0.15, 0.2) is 5.13 Å². The van der Waals surface area contributed by atoms with Crippen LogP contribution in [0.1, 0.15) is 24.0 Å². The Morgan fingerprint density at radius 1 is 1.35 bits per heavy atom. The summed E-state index contributed by atoms with van der Waals surface area (Å²) in [6, 6.07) is 3.33. The first-order valence-electron chi connectivity index (χ1n) is 8.70. The van der Waals surface area contributed by atoms with Crippen molar-refractivity contribution in [3.05, 3.63) is 34.8 Å². The highest BCUT2D eigenvalue weighted by Crippen LogP contribution is 2.27. The van der Waals surface area contributed by atoms with E-state index in [0.717, 1.165) is 47.9 Å². The van der Waals surface area contributed by atoms with E-state index >= 15 is 0 Å². The Labute approximate surface area is 159 Å². The number of ether oxygens (including phenoxy) is 1. The molecule has 142 valence electrons. The fourth-order valence-electron chi connectivity index (χ4n) is 3.48. The smallest absolute Gasteiger partial charge is 0.240 e. The Bertz CT molecular complexity index is 828. The van der Waals surface area contributed by atoms with Gasteiger partial charge in [-0.3, -0.25) is 0 Å². The summed E-state index contributed by atoms with van der Waals surface area (Å²) in [7, 11) is -1.94. The summed E-state index contributed by atoms with van der Waals surface area (Å²) in [5.41, 5.74) is 1.64. The van der Waals surface area contributed by atoms with Crippen molar-refractivity contribution in [2.75, 3.05) is 31.6 Å². The van der Waals surface area contributed by atoms with Crippen LogP contribution in [0, 0.1) is 19.8 Å². The zero-order valence-corrected chi connectivity index (χ0v) is 17.0. The number of anilines is 1. The molecule has 1 N–H and O–H groups in total. The monoisotopic (exact) mass is 395 g/mol. The van der Waals surface area contributed by atoms with Crippen LogP contribution in [0.5, 0.6) is 5.75 Å². The Kier molecular flexibility index (Phi) is 5.84. The largest absolute Gasteiger partial charge is 0.496 e. The highest BCUT2D eigenvalue weighted by Gasteiger charge is 2.24. The maximum Gasteiger partial charge on any atom is 0.240 e. The molecule has 1 aliphatic rings. The van der Waals surface area contributed by atoms with Gasteiger partial charge in [-0.2, -0.15) is 0 Å². The number of methoxy groups -OCH3 is 1. The number of sulfonamides is 1.